The molecule has 1 aromatic heterocycles. The molecule has 2 N–H and O–H groups in total. The molecule has 0 aliphatic rings. The molecule has 5 heteroatoms. The molecule has 19 heavy (non-hydrogen) atoms. The molecule has 0 aliphatic heterocycles. The van der Waals surface area contributed by atoms with E-state index in [2.05, 4.69) is 4.98 Å². The molecule has 1 radical (unpaired) electrons. The SMILES string of the molecule is O[B]c1ccc(Cn2cnc3c(O)cccc32)cc1. The van der Waals surface area contributed by atoms with E-state index in [1.54, 1.807) is 18.5 Å². The van der Waals surface area contributed by atoms with Crippen molar-refractivity contribution in [3.63, 3.8) is 0 Å². The average Bonchev–Trinajstić information content (AvgIpc) is 2.84. The van der Waals surface area contributed by atoms with Crippen molar-refractivity contribution < 1.29 is 10.1 Å². The molecule has 0 fully saturated rings. The third-order valence-electron chi connectivity index (χ3n) is 3.11. The Kier molecular flexibility index (Phi) is 2.97. The van der Waals surface area contributed by atoms with Crippen LogP contribution < -0.4 is 5.46 Å². The Morgan fingerprint density at radius 1 is 1.11 bits per heavy atom. The summed E-state index contributed by atoms with van der Waals surface area (Å²) in [5, 5.41) is 18.6. The summed E-state index contributed by atoms with van der Waals surface area (Å²) >= 11 is 0. The normalized spacial score (nSPS) is 10.8. The van der Waals surface area contributed by atoms with E-state index in [-0.39, 0.29) is 5.75 Å². The predicted molar refractivity (Wildman–Crippen MR) is 74.5 cm³/mol. The van der Waals surface area contributed by atoms with Gasteiger partial charge in [-0.3, -0.25) is 0 Å². The lowest BCUT2D eigenvalue weighted by atomic mass is 9.88. The number of imidazole rings is 1. The summed E-state index contributed by atoms with van der Waals surface area (Å²) in [6, 6.07) is 13.0. The maximum atomic E-state index is 9.71. The van der Waals surface area contributed by atoms with E-state index in [1.165, 1.54) is 0 Å². The fraction of sp³-hybridized carbons (Fsp3) is 0.0714. The molecule has 0 saturated heterocycles. The van der Waals surface area contributed by atoms with Crippen molar-refractivity contribution >= 4 is 24.0 Å². The largest absolute Gasteiger partial charge is 0.506 e. The Morgan fingerprint density at radius 2 is 1.89 bits per heavy atom. The van der Waals surface area contributed by atoms with Crippen LogP contribution in [0.5, 0.6) is 5.75 Å². The first-order valence-electron chi connectivity index (χ1n) is 5.97. The Hall–Kier alpha value is -2.27. The number of phenols is 1. The highest BCUT2D eigenvalue weighted by atomic mass is 16.3. The molecule has 0 spiro atoms. The van der Waals surface area contributed by atoms with Gasteiger partial charge in [0, 0.05) is 6.54 Å². The molecule has 93 valence electrons. The molecule has 0 bridgehead atoms. The molecular weight excluding hydrogens is 239 g/mol. The van der Waals surface area contributed by atoms with Crippen molar-refractivity contribution in [3.8, 4) is 5.75 Å². The first-order chi connectivity index (χ1) is 9.28. The van der Waals surface area contributed by atoms with E-state index in [0.29, 0.717) is 12.1 Å². The second-order valence-corrected chi connectivity index (χ2v) is 4.39. The van der Waals surface area contributed by atoms with Crippen LogP contribution >= 0.6 is 0 Å². The topological polar surface area (TPSA) is 58.3 Å². The van der Waals surface area contributed by atoms with Gasteiger partial charge in [-0.1, -0.05) is 35.8 Å². The van der Waals surface area contributed by atoms with Crippen molar-refractivity contribution in [1.29, 1.82) is 0 Å². The van der Waals surface area contributed by atoms with Crippen LogP contribution in [0, 0.1) is 0 Å². The van der Waals surface area contributed by atoms with Crippen LogP contribution in [0.2, 0.25) is 0 Å². The summed E-state index contributed by atoms with van der Waals surface area (Å²) in [5.41, 5.74) is 3.39. The number of aromatic hydroxyl groups is 1. The molecule has 2 aromatic carbocycles. The minimum Gasteiger partial charge on any atom is -0.506 e. The molecule has 1 heterocycles. The van der Waals surface area contributed by atoms with E-state index in [9.17, 15) is 5.11 Å². The smallest absolute Gasteiger partial charge is 0.326 e. The third-order valence-corrected chi connectivity index (χ3v) is 3.11. The fourth-order valence-corrected chi connectivity index (χ4v) is 2.10. The van der Waals surface area contributed by atoms with Crippen molar-refractivity contribution in [2.24, 2.45) is 0 Å². The minimum atomic E-state index is 0.196. The molecule has 4 nitrogen and oxygen atoms in total. The van der Waals surface area contributed by atoms with E-state index in [0.717, 1.165) is 24.0 Å². The fourth-order valence-electron chi connectivity index (χ4n) is 2.10. The van der Waals surface area contributed by atoms with Gasteiger partial charge in [0.25, 0.3) is 0 Å². The van der Waals surface area contributed by atoms with Crippen LogP contribution in [0.4, 0.5) is 0 Å². The van der Waals surface area contributed by atoms with Gasteiger partial charge in [-0.05, 0) is 17.7 Å². The maximum absolute atomic E-state index is 9.71. The summed E-state index contributed by atoms with van der Waals surface area (Å²) in [4.78, 5) is 4.21. The van der Waals surface area contributed by atoms with Crippen LogP contribution in [0.25, 0.3) is 11.0 Å². The van der Waals surface area contributed by atoms with Gasteiger partial charge in [-0.15, -0.1) is 0 Å². The van der Waals surface area contributed by atoms with E-state index < -0.39 is 0 Å². The lowest BCUT2D eigenvalue weighted by Gasteiger charge is -2.05. The number of rotatable bonds is 3. The zero-order chi connectivity index (χ0) is 13.2. The Balaban J connectivity index is 1.94. The van der Waals surface area contributed by atoms with E-state index in [1.807, 2.05) is 34.9 Å². The summed E-state index contributed by atoms with van der Waals surface area (Å²) in [6.07, 6.45) is 1.72. The molecular formula is C14H12BN2O2. The van der Waals surface area contributed by atoms with E-state index >= 15 is 0 Å². The number of benzene rings is 2. The van der Waals surface area contributed by atoms with Gasteiger partial charge in [0.1, 0.15) is 11.3 Å². The van der Waals surface area contributed by atoms with Gasteiger partial charge in [0.15, 0.2) is 0 Å². The summed E-state index contributed by atoms with van der Waals surface area (Å²) in [6.45, 7) is 0.672. The Bertz CT molecular complexity index is 707. The summed E-state index contributed by atoms with van der Waals surface area (Å²) in [7, 11) is 1.08. The van der Waals surface area contributed by atoms with Gasteiger partial charge < -0.3 is 14.7 Å². The number of aromatic nitrogens is 2. The number of hydrogen-bond donors (Lipinski definition) is 2. The highest BCUT2D eigenvalue weighted by Gasteiger charge is 2.06. The Labute approximate surface area is 111 Å². The van der Waals surface area contributed by atoms with Gasteiger partial charge >= 0.3 is 7.48 Å². The third kappa shape index (κ3) is 2.20. The first-order valence-corrected chi connectivity index (χ1v) is 5.97. The predicted octanol–water partition coefficient (Wildman–Crippen LogP) is 1.03. The van der Waals surface area contributed by atoms with Crippen molar-refractivity contribution in [1.82, 2.24) is 9.55 Å². The molecule has 0 saturated carbocycles. The molecule has 0 aliphatic carbocycles. The number of fused-ring (bicyclic) bond motifs is 1. The Morgan fingerprint density at radius 3 is 2.63 bits per heavy atom. The molecule has 0 unspecified atom stereocenters. The zero-order valence-electron chi connectivity index (χ0n) is 10.2. The number of phenolic OH excluding ortho intramolecular Hbond substituents is 1. The van der Waals surface area contributed by atoms with Gasteiger partial charge in [0.05, 0.1) is 11.8 Å². The van der Waals surface area contributed by atoms with Gasteiger partial charge in [-0.2, -0.15) is 0 Å². The first kappa shape index (κ1) is 11.8. The van der Waals surface area contributed by atoms with Crippen LogP contribution in [-0.4, -0.2) is 27.2 Å². The monoisotopic (exact) mass is 251 g/mol. The quantitative estimate of drug-likeness (QED) is 0.683. The lowest BCUT2D eigenvalue weighted by Crippen LogP contribution is -2.12. The van der Waals surface area contributed by atoms with Crippen molar-refractivity contribution in [2.75, 3.05) is 0 Å². The van der Waals surface area contributed by atoms with Crippen molar-refractivity contribution in [2.45, 2.75) is 6.54 Å². The summed E-state index contributed by atoms with van der Waals surface area (Å²) < 4.78 is 1.98. The molecule has 3 aromatic rings. The van der Waals surface area contributed by atoms with Crippen LogP contribution in [0.3, 0.4) is 0 Å². The second kappa shape index (κ2) is 4.78. The maximum Gasteiger partial charge on any atom is 0.326 e. The lowest BCUT2D eigenvalue weighted by molar-refractivity contribution is 0.480. The number of nitrogens with zero attached hydrogens (tertiary/aromatic N) is 2. The van der Waals surface area contributed by atoms with Crippen LogP contribution in [0.15, 0.2) is 48.8 Å². The highest BCUT2D eigenvalue weighted by Crippen LogP contribution is 2.22. The number of hydrogen-bond acceptors (Lipinski definition) is 3. The van der Waals surface area contributed by atoms with Gasteiger partial charge in [0.2, 0.25) is 0 Å². The average molecular weight is 251 g/mol. The standard InChI is InChI=1S/C14H12BN2O2/c18-13-3-1-2-12-14(13)16-9-17(12)8-10-4-6-11(15-19)7-5-10/h1-7,9,18-19H,8H2. The molecule has 0 atom stereocenters. The van der Waals surface area contributed by atoms with Crippen molar-refractivity contribution in [3.05, 3.63) is 54.4 Å². The van der Waals surface area contributed by atoms with Gasteiger partial charge in [-0.25, -0.2) is 4.98 Å². The highest BCUT2D eigenvalue weighted by molar-refractivity contribution is 6.45. The van der Waals surface area contributed by atoms with Crippen LogP contribution in [-0.2, 0) is 6.54 Å². The minimum absolute atomic E-state index is 0.196. The second-order valence-electron chi connectivity index (χ2n) is 4.39. The van der Waals surface area contributed by atoms with E-state index in [4.69, 9.17) is 5.02 Å². The van der Waals surface area contributed by atoms with Crippen LogP contribution in [0.1, 0.15) is 5.56 Å². The molecule has 0 amide bonds. The zero-order valence-corrected chi connectivity index (χ0v) is 10.2. The number of para-hydroxylation sites is 1. The summed E-state index contributed by atoms with van der Waals surface area (Å²) in [5.74, 6) is 0.196. The molecule has 3 rings (SSSR count).